The number of rotatable bonds is 4. The van der Waals surface area contributed by atoms with Crippen LogP contribution in [0, 0.1) is 6.92 Å². The highest BCUT2D eigenvalue weighted by atomic mass is 79.9. The summed E-state index contributed by atoms with van der Waals surface area (Å²) in [5.41, 5.74) is 1.71. The second kappa shape index (κ2) is 7.46. The Balaban J connectivity index is 1.96. The average molecular weight is 464 g/mol. The predicted molar refractivity (Wildman–Crippen MR) is 112 cm³/mol. The summed E-state index contributed by atoms with van der Waals surface area (Å²) in [4.78, 5) is 7.25. The van der Waals surface area contributed by atoms with Crippen molar-refractivity contribution >= 4 is 37.2 Å². The maximum absolute atomic E-state index is 13.5. The van der Waals surface area contributed by atoms with Gasteiger partial charge in [-0.05, 0) is 37.6 Å². The number of aromatic nitrogens is 3. The normalized spacial score (nSPS) is 15.3. The zero-order chi connectivity index (χ0) is 19.9. The highest BCUT2D eigenvalue weighted by Crippen LogP contribution is 2.31. The molecule has 3 heterocycles. The summed E-state index contributed by atoms with van der Waals surface area (Å²) >= 11 is 3.36. The van der Waals surface area contributed by atoms with Crippen LogP contribution in [0.3, 0.4) is 0 Å². The van der Waals surface area contributed by atoms with Crippen LogP contribution in [0.4, 0.5) is 5.82 Å². The molecule has 1 aliphatic heterocycles. The molecule has 1 N–H and O–H groups in total. The van der Waals surface area contributed by atoms with Crippen molar-refractivity contribution in [3.8, 4) is 0 Å². The van der Waals surface area contributed by atoms with Gasteiger partial charge >= 0.3 is 0 Å². The van der Waals surface area contributed by atoms with E-state index in [0.717, 1.165) is 42.2 Å². The maximum atomic E-state index is 13.5. The number of nitrogens with one attached hydrogen (secondary N) is 1. The molecule has 0 atom stereocenters. The van der Waals surface area contributed by atoms with Crippen molar-refractivity contribution in [1.29, 1.82) is 0 Å². The van der Waals surface area contributed by atoms with Crippen LogP contribution >= 0.6 is 15.9 Å². The Bertz CT molecular complexity index is 1120. The number of sulfone groups is 1. The Morgan fingerprint density at radius 1 is 1.18 bits per heavy atom. The standard InChI is InChI=1S/C19H22BrN5O2S/c1-3-16-18(28(26,27)15-6-4-14(20)5-7-15)19-22-13(2)12-17(25(19)23-16)24-10-8-21-9-11-24/h4-7,12,21H,3,8-11H2,1-2H3. The van der Waals surface area contributed by atoms with Gasteiger partial charge in [0, 0.05) is 42.4 Å². The van der Waals surface area contributed by atoms with Crippen LogP contribution in [0.2, 0.25) is 0 Å². The molecule has 0 spiro atoms. The van der Waals surface area contributed by atoms with E-state index in [-0.39, 0.29) is 9.79 Å². The molecule has 0 bridgehead atoms. The maximum Gasteiger partial charge on any atom is 0.212 e. The van der Waals surface area contributed by atoms with Crippen LogP contribution in [-0.2, 0) is 16.3 Å². The summed E-state index contributed by atoms with van der Waals surface area (Å²) in [5.74, 6) is 0.885. The van der Waals surface area contributed by atoms with Crippen LogP contribution in [0.25, 0.3) is 5.65 Å². The molecule has 0 radical (unpaired) electrons. The Hall–Kier alpha value is -1.97. The van der Waals surface area contributed by atoms with Gasteiger partial charge in [0.05, 0.1) is 10.6 Å². The van der Waals surface area contributed by atoms with Gasteiger partial charge in [0.15, 0.2) is 5.65 Å². The Labute approximate surface area is 172 Å². The van der Waals surface area contributed by atoms with Gasteiger partial charge in [-0.15, -0.1) is 0 Å². The van der Waals surface area contributed by atoms with Crippen LogP contribution in [0.5, 0.6) is 0 Å². The fraction of sp³-hybridized carbons (Fsp3) is 0.368. The number of hydrogen-bond acceptors (Lipinski definition) is 6. The van der Waals surface area contributed by atoms with E-state index in [1.807, 2.05) is 19.9 Å². The highest BCUT2D eigenvalue weighted by molar-refractivity contribution is 9.10. The second-order valence-electron chi connectivity index (χ2n) is 6.81. The third-order valence-electron chi connectivity index (χ3n) is 4.89. The van der Waals surface area contributed by atoms with E-state index in [0.29, 0.717) is 17.8 Å². The largest absolute Gasteiger partial charge is 0.354 e. The molecule has 1 saturated heterocycles. The van der Waals surface area contributed by atoms with Gasteiger partial charge in [0.25, 0.3) is 0 Å². The molecule has 0 aliphatic carbocycles. The second-order valence-corrected chi connectivity index (χ2v) is 9.62. The van der Waals surface area contributed by atoms with E-state index in [2.05, 4.69) is 36.2 Å². The average Bonchev–Trinajstić information content (AvgIpc) is 3.07. The summed E-state index contributed by atoms with van der Waals surface area (Å²) in [6.07, 6.45) is 0.508. The lowest BCUT2D eigenvalue weighted by atomic mass is 10.3. The minimum Gasteiger partial charge on any atom is -0.354 e. The lowest BCUT2D eigenvalue weighted by Crippen LogP contribution is -2.44. The van der Waals surface area contributed by atoms with Crippen molar-refractivity contribution in [2.45, 2.75) is 30.1 Å². The van der Waals surface area contributed by atoms with E-state index < -0.39 is 9.84 Å². The van der Waals surface area contributed by atoms with Gasteiger partial charge in [-0.3, -0.25) is 0 Å². The molecule has 0 amide bonds. The summed E-state index contributed by atoms with van der Waals surface area (Å²) in [6.45, 7) is 7.26. The molecule has 1 aliphatic rings. The molecule has 4 rings (SSSR count). The van der Waals surface area contributed by atoms with Crippen molar-refractivity contribution in [3.63, 3.8) is 0 Å². The zero-order valence-electron chi connectivity index (χ0n) is 15.8. The Morgan fingerprint density at radius 3 is 2.50 bits per heavy atom. The molecule has 2 aromatic heterocycles. The molecule has 7 nitrogen and oxygen atoms in total. The first-order chi connectivity index (χ1) is 13.4. The third-order valence-corrected chi connectivity index (χ3v) is 7.27. The van der Waals surface area contributed by atoms with Crippen molar-refractivity contribution in [2.24, 2.45) is 0 Å². The van der Waals surface area contributed by atoms with Gasteiger partial charge in [-0.25, -0.2) is 13.4 Å². The van der Waals surface area contributed by atoms with Crippen LogP contribution in [0.15, 0.2) is 44.6 Å². The number of piperazine rings is 1. The molecule has 148 valence electrons. The van der Waals surface area contributed by atoms with Crippen LogP contribution in [0.1, 0.15) is 18.3 Å². The predicted octanol–water partition coefficient (Wildman–Crippen LogP) is 2.61. The summed E-state index contributed by atoms with van der Waals surface area (Å²) < 4.78 is 29.5. The smallest absolute Gasteiger partial charge is 0.212 e. The molecule has 3 aromatic rings. The summed E-state index contributed by atoms with van der Waals surface area (Å²) in [6, 6.07) is 8.65. The van der Waals surface area contributed by atoms with Gasteiger partial charge < -0.3 is 10.2 Å². The van der Waals surface area contributed by atoms with E-state index >= 15 is 0 Å². The SMILES string of the molecule is CCc1nn2c(N3CCNCC3)cc(C)nc2c1S(=O)(=O)c1ccc(Br)cc1. The van der Waals surface area contributed by atoms with Crippen LogP contribution in [-0.4, -0.2) is 49.2 Å². The molecule has 1 aromatic carbocycles. The van der Waals surface area contributed by atoms with Gasteiger partial charge in [-0.1, -0.05) is 22.9 Å². The first-order valence-electron chi connectivity index (χ1n) is 9.27. The van der Waals surface area contributed by atoms with Crippen LogP contribution < -0.4 is 10.2 Å². The molecule has 9 heteroatoms. The molecule has 28 heavy (non-hydrogen) atoms. The Kier molecular flexibility index (Phi) is 5.15. The molecular formula is C19H22BrN5O2S. The number of nitrogens with zero attached hydrogens (tertiary/aromatic N) is 4. The fourth-order valence-electron chi connectivity index (χ4n) is 3.50. The molecule has 0 unspecified atom stereocenters. The summed E-state index contributed by atoms with van der Waals surface area (Å²) in [7, 11) is -3.74. The fourth-order valence-corrected chi connectivity index (χ4v) is 5.36. The van der Waals surface area contributed by atoms with E-state index in [9.17, 15) is 8.42 Å². The Morgan fingerprint density at radius 2 is 1.86 bits per heavy atom. The summed E-state index contributed by atoms with van der Waals surface area (Å²) in [5, 5.41) is 8.00. The molecule has 1 fully saturated rings. The number of aryl methyl sites for hydroxylation is 2. The van der Waals surface area contributed by atoms with Gasteiger partial charge in [0.2, 0.25) is 9.84 Å². The van der Waals surface area contributed by atoms with E-state index in [4.69, 9.17) is 0 Å². The van der Waals surface area contributed by atoms with Gasteiger partial charge in [-0.2, -0.15) is 9.61 Å². The lowest BCUT2D eigenvalue weighted by Gasteiger charge is -2.29. The molecule has 0 saturated carbocycles. The minimum absolute atomic E-state index is 0.206. The third kappa shape index (κ3) is 3.31. The van der Waals surface area contributed by atoms with E-state index in [1.165, 1.54) is 0 Å². The van der Waals surface area contributed by atoms with Gasteiger partial charge in [0.1, 0.15) is 10.7 Å². The number of benzene rings is 1. The number of fused-ring (bicyclic) bond motifs is 1. The van der Waals surface area contributed by atoms with Crippen molar-refractivity contribution in [2.75, 3.05) is 31.1 Å². The monoisotopic (exact) mass is 463 g/mol. The van der Waals surface area contributed by atoms with Crippen molar-refractivity contribution in [3.05, 3.63) is 46.2 Å². The van der Waals surface area contributed by atoms with E-state index in [1.54, 1.807) is 28.8 Å². The number of hydrogen-bond donors (Lipinski definition) is 1. The first kappa shape index (κ1) is 19.4. The highest BCUT2D eigenvalue weighted by Gasteiger charge is 2.29. The first-order valence-corrected chi connectivity index (χ1v) is 11.5. The lowest BCUT2D eigenvalue weighted by molar-refractivity contribution is 0.579. The molecular weight excluding hydrogens is 442 g/mol. The van der Waals surface area contributed by atoms with Crippen molar-refractivity contribution in [1.82, 2.24) is 19.9 Å². The topological polar surface area (TPSA) is 79.6 Å². The van der Waals surface area contributed by atoms with Crippen molar-refractivity contribution < 1.29 is 8.42 Å². The number of halogens is 1. The number of anilines is 1. The zero-order valence-corrected chi connectivity index (χ0v) is 18.2. The quantitative estimate of drug-likeness (QED) is 0.640. The minimum atomic E-state index is -3.74.